The number of ether oxygens (including phenoxy) is 2. The maximum Gasteiger partial charge on any atom is 0.274 e. The number of carbonyl (C=O) groups is 1. The van der Waals surface area contributed by atoms with Crippen LogP contribution in [0.15, 0.2) is 47.2 Å². The lowest BCUT2D eigenvalue weighted by atomic mass is 10.2. The van der Waals surface area contributed by atoms with Gasteiger partial charge in [-0.1, -0.05) is 0 Å². The van der Waals surface area contributed by atoms with E-state index in [0.717, 1.165) is 5.56 Å². The fourth-order valence-electron chi connectivity index (χ4n) is 2.76. The molecule has 0 atom stereocenters. The summed E-state index contributed by atoms with van der Waals surface area (Å²) >= 11 is 0. The zero-order valence-corrected chi connectivity index (χ0v) is 15.9. The van der Waals surface area contributed by atoms with Crippen LogP contribution in [0.4, 0.5) is 0 Å². The molecule has 1 aliphatic carbocycles. The number of aromatic nitrogens is 2. The van der Waals surface area contributed by atoms with Crippen LogP contribution < -0.4 is 14.8 Å². The van der Waals surface area contributed by atoms with E-state index < -0.39 is 5.91 Å². The molecular formula is C21H21N3O5. The number of nitrogens with one attached hydrogen (secondary N) is 1. The smallest absolute Gasteiger partial charge is 0.274 e. The van der Waals surface area contributed by atoms with Gasteiger partial charge in [0.2, 0.25) is 5.89 Å². The van der Waals surface area contributed by atoms with E-state index in [1.54, 1.807) is 13.2 Å². The van der Waals surface area contributed by atoms with Crippen LogP contribution in [-0.4, -0.2) is 34.7 Å². The van der Waals surface area contributed by atoms with Crippen LogP contribution >= 0.6 is 0 Å². The Bertz CT molecular complexity index is 1010. The fourth-order valence-corrected chi connectivity index (χ4v) is 2.76. The van der Waals surface area contributed by atoms with Gasteiger partial charge in [-0.3, -0.25) is 4.79 Å². The summed E-state index contributed by atoms with van der Waals surface area (Å²) in [5.74, 6) is 1.67. The highest BCUT2D eigenvalue weighted by atomic mass is 16.5. The van der Waals surface area contributed by atoms with Gasteiger partial charge in [0.1, 0.15) is 12.0 Å². The van der Waals surface area contributed by atoms with Crippen LogP contribution in [0, 0.1) is 5.92 Å². The summed E-state index contributed by atoms with van der Waals surface area (Å²) in [6, 6.07) is 8.44. The second kappa shape index (κ2) is 8.22. The molecule has 8 nitrogen and oxygen atoms in total. The number of benzene rings is 1. The molecule has 1 saturated carbocycles. The lowest BCUT2D eigenvalue weighted by molar-refractivity contribution is 0.0942. The predicted octanol–water partition coefficient (Wildman–Crippen LogP) is 3.17. The van der Waals surface area contributed by atoms with E-state index in [-0.39, 0.29) is 18.0 Å². The predicted molar refractivity (Wildman–Crippen MR) is 104 cm³/mol. The third-order valence-electron chi connectivity index (χ3n) is 4.57. The number of oxazole rings is 1. The molecule has 0 spiro atoms. The van der Waals surface area contributed by atoms with Gasteiger partial charge < -0.3 is 24.3 Å². The van der Waals surface area contributed by atoms with Crippen molar-refractivity contribution in [2.75, 3.05) is 13.7 Å². The van der Waals surface area contributed by atoms with E-state index >= 15 is 0 Å². The Hall–Kier alpha value is -3.55. The molecule has 2 heterocycles. The first-order valence-electron chi connectivity index (χ1n) is 9.32. The molecule has 1 aromatic carbocycles. The van der Waals surface area contributed by atoms with Crippen LogP contribution in [0.3, 0.4) is 0 Å². The summed E-state index contributed by atoms with van der Waals surface area (Å²) in [5, 5.41) is 12.4. The van der Waals surface area contributed by atoms with Crippen molar-refractivity contribution >= 4 is 5.91 Å². The first-order valence-corrected chi connectivity index (χ1v) is 9.32. The molecule has 29 heavy (non-hydrogen) atoms. The number of rotatable bonds is 8. The van der Waals surface area contributed by atoms with Gasteiger partial charge in [0, 0.05) is 11.8 Å². The molecule has 3 aromatic rings. The number of nitrogens with zero attached hydrogens (tertiary/aromatic N) is 2. The van der Waals surface area contributed by atoms with Crippen molar-refractivity contribution in [2.45, 2.75) is 19.4 Å². The number of aromatic hydroxyl groups is 1. The number of hydrogen-bond acceptors (Lipinski definition) is 7. The molecule has 1 fully saturated rings. The van der Waals surface area contributed by atoms with Crippen molar-refractivity contribution in [2.24, 2.45) is 5.92 Å². The van der Waals surface area contributed by atoms with Crippen molar-refractivity contribution in [1.29, 1.82) is 0 Å². The molecule has 2 N–H and O–H groups in total. The summed E-state index contributed by atoms with van der Waals surface area (Å²) in [6.07, 6.45) is 5.32. The summed E-state index contributed by atoms with van der Waals surface area (Å²) in [6.45, 7) is 0.808. The van der Waals surface area contributed by atoms with Gasteiger partial charge in [0.25, 0.3) is 5.91 Å². The summed E-state index contributed by atoms with van der Waals surface area (Å²) in [5.41, 5.74) is 1.25. The van der Waals surface area contributed by atoms with Gasteiger partial charge in [0.05, 0.1) is 26.0 Å². The van der Waals surface area contributed by atoms with E-state index in [4.69, 9.17) is 13.9 Å². The monoisotopic (exact) mass is 395 g/mol. The van der Waals surface area contributed by atoms with E-state index in [9.17, 15) is 9.90 Å². The van der Waals surface area contributed by atoms with Crippen LogP contribution in [0.2, 0.25) is 0 Å². The molecule has 0 radical (unpaired) electrons. The van der Waals surface area contributed by atoms with E-state index in [0.29, 0.717) is 35.6 Å². The van der Waals surface area contributed by atoms with E-state index in [2.05, 4.69) is 15.3 Å². The maximum absolute atomic E-state index is 12.1. The van der Waals surface area contributed by atoms with Crippen molar-refractivity contribution in [1.82, 2.24) is 15.3 Å². The van der Waals surface area contributed by atoms with Crippen molar-refractivity contribution in [3.8, 4) is 28.7 Å². The molecule has 0 bridgehead atoms. The largest absolute Gasteiger partial charge is 0.505 e. The molecule has 8 heteroatoms. The van der Waals surface area contributed by atoms with Gasteiger partial charge >= 0.3 is 0 Å². The maximum atomic E-state index is 12.1. The quantitative estimate of drug-likeness (QED) is 0.603. The minimum atomic E-state index is -0.493. The Kier molecular flexibility index (Phi) is 5.33. The highest BCUT2D eigenvalue weighted by molar-refractivity contribution is 5.94. The molecule has 0 aliphatic heterocycles. The molecule has 0 saturated heterocycles. The topological polar surface area (TPSA) is 107 Å². The Morgan fingerprint density at radius 3 is 2.93 bits per heavy atom. The van der Waals surface area contributed by atoms with Crippen molar-refractivity contribution in [3.05, 3.63) is 54.2 Å². The van der Waals surface area contributed by atoms with Gasteiger partial charge in [-0.2, -0.15) is 0 Å². The summed E-state index contributed by atoms with van der Waals surface area (Å²) in [7, 11) is 1.60. The third-order valence-corrected chi connectivity index (χ3v) is 4.57. The van der Waals surface area contributed by atoms with Gasteiger partial charge in [-0.15, -0.1) is 0 Å². The lowest BCUT2D eigenvalue weighted by Gasteiger charge is -2.11. The minimum absolute atomic E-state index is 0.0381. The number of amides is 1. The Balaban J connectivity index is 1.43. The molecule has 1 aliphatic rings. The Labute approximate surface area is 167 Å². The molecule has 2 aromatic heterocycles. The zero-order chi connectivity index (χ0) is 20.2. The zero-order valence-electron chi connectivity index (χ0n) is 15.9. The highest BCUT2D eigenvalue weighted by Gasteiger charge is 2.23. The van der Waals surface area contributed by atoms with E-state index in [1.807, 2.05) is 18.2 Å². The SMILES string of the molecule is COc1ccc(-c2nc(CNC(=O)c3ncccc3O)co2)cc1OCC1CC1. The molecule has 0 unspecified atom stereocenters. The third kappa shape index (κ3) is 4.48. The van der Waals surface area contributed by atoms with Crippen LogP contribution in [-0.2, 0) is 6.54 Å². The first kappa shape index (κ1) is 18.8. The molecule has 1 amide bonds. The minimum Gasteiger partial charge on any atom is -0.505 e. The number of hydrogen-bond donors (Lipinski definition) is 2. The fraction of sp³-hybridized carbons (Fsp3) is 0.286. The summed E-state index contributed by atoms with van der Waals surface area (Å²) in [4.78, 5) is 20.4. The standard InChI is InChI=1S/C21H21N3O5/c1-27-17-7-6-14(9-18(17)28-11-13-4-5-13)21-24-15(12-29-21)10-23-20(26)19-16(25)3-2-8-22-19/h2-3,6-9,12-13,25H,4-5,10-11H2,1H3,(H,23,26). The van der Waals surface area contributed by atoms with Crippen LogP contribution in [0.5, 0.6) is 17.2 Å². The normalized spacial score (nSPS) is 13.1. The lowest BCUT2D eigenvalue weighted by Crippen LogP contribution is -2.24. The Morgan fingerprint density at radius 1 is 1.31 bits per heavy atom. The van der Waals surface area contributed by atoms with Crippen LogP contribution in [0.25, 0.3) is 11.5 Å². The molecule has 4 rings (SSSR count). The second-order valence-electron chi connectivity index (χ2n) is 6.82. The van der Waals surface area contributed by atoms with Gasteiger partial charge in [-0.25, -0.2) is 9.97 Å². The number of carbonyl (C=O) groups excluding carboxylic acids is 1. The molecular weight excluding hydrogens is 374 g/mol. The average molecular weight is 395 g/mol. The van der Waals surface area contributed by atoms with Gasteiger partial charge in [-0.05, 0) is 49.1 Å². The van der Waals surface area contributed by atoms with Crippen LogP contribution in [0.1, 0.15) is 29.0 Å². The average Bonchev–Trinajstić information content (AvgIpc) is 3.45. The number of methoxy groups -OCH3 is 1. The van der Waals surface area contributed by atoms with Crippen molar-refractivity contribution in [3.63, 3.8) is 0 Å². The highest BCUT2D eigenvalue weighted by Crippen LogP contribution is 2.35. The first-order chi connectivity index (χ1) is 14.1. The number of pyridine rings is 1. The summed E-state index contributed by atoms with van der Waals surface area (Å²) < 4.78 is 16.8. The molecule has 150 valence electrons. The van der Waals surface area contributed by atoms with E-state index in [1.165, 1.54) is 31.4 Å². The van der Waals surface area contributed by atoms with Gasteiger partial charge in [0.15, 0.2) is 17.2 Å². The second-order valence-corrected chi connectivity index (χ2v) is 6.82. The Morgan fingerprint density at radius 2 is 2.17 bits per heavy atom. The van der Waals surface area contributed by atoms with Crippen molar-refractivity contribution < 1.29 is 23.8 Å².